The zero-order valence-electron chi connectivity index (χ0n) is 11.1. The molecule has 20 heavy (non-hydrogen) atoms. The average molecular weight is 275 g/mol. The predicted molar refractivity (Wildman–Crippen MR) is 74.0 cm³/mol. The second kappa shape index (κ2) is 5.40. The van der Waals surface area contributed by atoms with Crippen molar-refractivity contribution in [2.75, 3.05) is 38.1 Å². The number of fused-ring (bicyclic) bond motifs is 1. The molecule has 0 spiro atoms. The number of carbonyl (C=O) groups excluding carboxylic acids is 2. The predicted octanol–water partition coefficient (Wildman–Crippen LogP) is 0.453. The lowest BCUT2D eigenvalue weighted by molar-refractivity contribution is -0.121. The van der Waals surface area contributed by atoms with E-state index in [1.807, 2.05) is 12.1 Å². The van der Waals surface area contributed by atoms with Gasteiger partial charge in [0.05, 0.1) is 17.8 Å². The number of nitrogens with zero attached hydrogens (tertiary/aromatic N) is 1. The molecule has 3 rings (SSSR count). The molecule has 0 radical (unpaired) electrons. The molecule has 1 aromatic rings. The van der Waals surface area contributed by atoms with Crippen LogP contribution in [0.15, 0.2) is 18.2 Å². The average Bonchev–Trinajstić information content (AvgIpc) is 2.70. The van der Waals surface area contributed by atoms with Crippen LogP contribution in [0.25, 0.3) is 0 Å². The number of carbonyl (C=O) groups is 2. The highest BCUT2D eigenvalue weighted by Gasteiger charge is 2.25. The van der Waals surface area contributed by atoms with Crippen molar-refractivity contribution in [1.82, 2.24) is 10.2 Å². The fourth-order valence-electron chi connectivity index (χ4n) is 2.49. The molecule has 1 saturated heterocycles. The fourth-order valence-corrected chi connectivity index (χ4v) is 2.49. The lowest BCUT2D eigenvalue weighted by Gasteiger charge is -2.24. The molecular formula is C14H17N3O3. The molecule has 0 unspecified atom stereocenters. The highest BCUT2D eigenvalue weighted by molar-refractivity contribution is 6.00. The summed E-state index contributed by atoms with van der Waals surface area (Å²) >= 11 is 0. The number of ether oxygens (including phenoxy) is 1. The Hall–Kier alpha value is -2.24. The third-order valence-electron chi connectivity index (χ3n) is 3.46. The number of amides is 2. The molecular weight excluding hydrogens is 258 g/mol. The Balaban J connectivity index is 1.88. The van der Waals surface area contributed by atoms with Crippen molar-refractivity contribution in [3.05, 3.63) is 23.8 Å². The van der Waals surface area contributed by atoms with Gasteiger partial charge >= 0.3 is 0 Å². The van der Waals surface area contributed by atoms with Crippen LogP contribution in [0.4, 0.5) is 5.69 Å². The molecule has 0 aromatic heterocycles. The van der Waals surface area contributed by atoms with Crippen molar-refractivity contribution in [1.29, 1.82) is 0 Å². The van der Waals surface area contributed by atoms with Crippen LogP contribution in [0.1, 0.15) is 16.8 Å². The zero-order chi connectivity index (χ0) is 13.9. The van der Waals surface area contributed by atoms with E-state index in [1.54, 1.807) is 11.0 Å². The molecule has 2 amide bonds. The number of rotatable bonds is 1. The van der Waals surface area contributed by atoms with Crippen LogP contribution < -0.4 is 15.4 Å². The van der Waals surface area contributed by atoms with E-state index in [2.05, 4.69) is 10.6 Å². The highest BCUT2D eigenvalue weighted by Crippen LogP contribution is 2.32. The summed E-state index contributed by atoms with van der Waals surface area (Å²) in [4.78, 5) is 25.8. The standard InChI is InChI=1S/C14H17N3O3/c18-12-9-17(7-2-5-16-12)14(19)10-3-1-4-11-13(10)20-8-6-15-11/h1,3-4,15H,2,5-9H2,(H,16,18). The largest absolute Gasteiger partial charge is 0.489 e. The van der Waals surface area contributed by atoms with Gasteiger partial charge in [-0.3, -0.25) is 9.59 Å². The topological polar surface area (TPSA) is 70.7 Å². The van der Waals surface area contributed by atoms with Gasteiger partial charge in [0.2, 0.25) is 5.91 Å². The smallest absolute Gasteiger partial charge is 0.258 e. The normalized spacial score (nSPS) is 18.2. The molecule has 6 nitrogen and oxygen atoms in total. The first-order valence-electron chi connectivity index (χ1n) is 6.81. The van der Waals surface area contributed by atoms with Crippen LogP contribution in [-0.2, 0) is 4.79 Å². The number of hydrogen-bond donors (Lipinski definition) is 2. The summed E-state index contributed by atoms with van der Waals surface area (Å²) < 4.78 is 5.61. The van der Waals surface area contributed by atoms with Gasteiger partial charge < -0.3 is 20.3 Å². The SMILES string of the molecule is O=C1CN(C(=O)c2cccc3c2OCCN3)CCCN1. The summed E-state index contributed by atoms with van der Waals surface area (Å²) in [5.41, 5.74) is 1.35. The van der Waals surface area contributed by atoms with Crippen molar-refractivity contribution in [2.24, 2.45) is 0 Å². The zero-order valence-corrected chi connectivity index (χ0v) is 11.1. The first-order chi connectivity index (χ1) is 9.75. The van der Waals surface area contributed by atoms with Gasteiger partial charge in [-0.05, 0) is 18.6 Å². The van der Waals surface area contributed by atoms with Crippen LogP contribution in [0.2, 0.25) is 0 Å². The Bertz CT molecular complexity index is 544. The molecule has 2 heterocycles. The molecule has 0 saturated carbocycles. The third-order valence-corrected chi connectivity index (χ3v) is 3.46. The molecule has 1 fully saturated rings. The second-order valence-electron chi connectivity index (χ2n) is 4.89. The van der Waals surface area contributed by atoms with E-state index in [0.717, 1.165) is 18.7 Å². The minimum Gasteiger partial charge on any atom is -0.489 e. The quantitative estimate of drug-likeness (QED) is 0.781. The van der Waals surface area contributed by atoms with Gasteiger partial charge in [0, 0.05) is 19.6 Å². The first-order valence-corrected chi connectivity index (χ1v) is 6.81. The van der Waals surface area contributed by atoms with E-state index >= 15 is 0 Å². The van der Waals surface area contributed by atoms with E-state index in [1.165, 1.54) is 0 Å². The minimum atomic E-state index is -0.150. The number of para-hydroxylation sites is 1. The van der Waals surface area contributed by atoms with Gasteiger partial charge in [-0.1, -0.05) is 6.07 Å². The van der Waals surface area contributed by atoms with Crippen LogP contribution >= 0.6 is 0 Å². The molecule has 0 bridgehead atoms. The maximum Gasteiger partial charge on any atom is 0.258 e. The van der Waals surface area contributed by atoms with Gasteiger partial charge in [-0.2, -0.15) is 0 Å². The highest BCUT2D eigenvalue weighted by atomic mass is 16.5. The van der Waals surface area contributed by atoms with Crippen molar-refractivity contribution >= 4 is 17.5 Å². The summed E-state index contributed by atoms with van der Waals surface area (Å²) in [6.07, 6.45) is 0.769. The van der Waals surface area contributed by atoms with Gasteiger partial charge in [0.25, 0.3) is 5.91 Å². The summed E-state index contributed by atoms with van der Waals surface area (Å²) in [5.74, 6) is 0.329. The molecule has 2 aliphatic rings. The van der Waals surface area contributed by atoms with E-state index in [9.17, 15) is 9.59 Å². The van der Waals surface area contributed by atoms with E-state index in [0.29, 0.717) is 31.0 Å². The monoisotopic (exact) mass is 275 g/mol. The number of anilines is 1. The summed E-state index contributed by atoms with van der Waals surface area (Å²) in [7, 11) is 0. The fraction of sp³-hybridized carbons (Fsp3) is 0.429. The first kappa shape index (κ1) is 12.8. The Kier molecular flexibility index (Phi) is 3.45. The molecule has 6 heteroatoms. The molecule has 0 atom stereocenters. The van der Waals surface area contributed by atoms with Gasteiger partial charge in [-0.25, -0.2) is 0 Å². The van der Waals surface area contributed by atoms with Crippen molar-refractivity contribution in [3.63, 3.8) is 0 Å². The van der Waals surface area contributed by atoms with Crippen LogP contribution in [0, 0.1) is 0 Å². The van der Waals surface area contributed by atoms with Crippen molar-refractivity contribution < 1.29 is 14.3 Å². The number of nitrogens with one attached hydrogen (secondary N) is 2. The Morgan fingerprint density at radius 1 is 1.25 bits per heavy atom. The van der Waals surface area contributed by atoms with E-state index in [4.69, 9.17) is 4.74 Å². The van der Waals surface area contributed by atoms with Gasteiger partial charge in [0.1, 0.15) is 6.61 Å². The summed E-state index contributed by atoms with van der Waals surface area (Å²) in [6.45, 7) is 2.58. The Labute approximate surface area is 117 Å². The lowest BCUT2D eigenvalue weighted by Crippen LogP contribution is -2.37. The summed E-state index contributed by atoms with van der Waals surface area (Å²) in [5, 5.41) is 5.97. The van der Waals surface area contributed by atoms with Gasteiger partial charge in [0.15, 0.2) is 5.75 Å². The lowest BCUT2D eigenvalue weighted by atomic mass is 10.1. The van der Waals surface area contributed by atoms with Crippen molar-refractivity contribution in [2.45, 2.75) is 6.42 Å². The summed E-state index contributed by atoms with van der Waals surface area (Å²) in [6, 6.07) is 5.46. The molecule has 0 aliphatic carbocycles. The molecule has 1 aromatic carbocycles. The molecule has 2 N–H and O–H groups in total. The molecule has 106 valence electrons. The van der Waals surface area contributed by atoms with Crippen LogP contribution in [0.5, 0.6) is 5.75 Å². The number of benzene rings is 1. The third kappa shape index (κ3) is 2.41. The van der Waals surface area contributed by atoms with E-state index in [-0.39, 0.29) is 18.4 Å². The number of hydrogen-bond acceptors (Lipinski definition) is 4. The maximum atomic E-state index is 12.6. The van der Waals surface area contributed by atoms with E-state index < -0.39 is 0 Å². The van der Waals surface area contributed by atoms with Gasteiger partial charge in [-0.15, -0.1) is 0 Å². The van der Waals surface area contributed by atoms with Crippen LogP contribution in [0.3, 0.4) is 0 Å². The minimum absolute atomic E-state index is 0.107. The Morgan fingerprint density at radius 3 is 3.05 bits per heavy atom. The maximum absolute atomic E-state index is 12.6. The second-order valence-corrected chi connectivity index (χ2v) is 4.89. The van der Waals surface area contributed by atoms with Crippen molar-refractivity contribution in [3.8, 4) is 5.75 Å². The van der Waals surface area contributed by atoms with Crippen LogP contribution in [-0.4, -0.2) is 49.5 Å². The molecule has 2 aliphatic heterocycles. The Morgan fingerprint density at radius 2 is 2.15 bits per heavy atom.